The predicted molar refractivity (Wildman–Crippen MR) is 150 cm³/mol. The third-order valence-corrected chi connectivity index (χ3v) is 10.2. The van der Waals surface area contributed by atoms with Crippen LogP contribution in [0.1, 0.15) is 82.2 Å². The summed E-state index contributed by atoms with van der Waals surface area (Å²) in [6.07, 6.45) is 5.73. The van der Waals surface area contributed by atoms with E-state index in [1.807, 2.05) is 24.3 Å². The number of hydrogen-bond acceptors (Lipinski definition) is 5. The van der Waals surface area contributed by atoms with Crippen molar-refractivity contribution >= 4 is 10.0 Å². The molecular formula is C30H41N5O2S. The lowest BCUT2D eigenvalue weighted by Gasteiger charge is -2.40. The first kappa shape index (κ1) is 27.0. The van der Waals surface area contributed by atoms with E-state index < -0.39 is 10.0 Å². The van der Waals surface area contributed by atoms with Gasteiger partial charge in [-0.15, -0.1) is 10.2 Å². The van der Waals surface area contributed by atoms with Crippen LogP contribution in [0.15, 0.2) is 65.6 Å². The Bertz CT molecular complexity index is 1310. The highest BCUT2D eigenvalue weighted by molar-refractivity contribution is 7.89. The lowest BCUT2D eigenvalue weighted by atomic mass is 9.74. The van der Waals surface area contributed by atoms with Gasteiger partial charge >= 0.3 is 0 Å². The van der Waals surface area contributed by atoms with Crippen LogP contribution in [-0.2, 0) is 15.4 Å². The summed E-state index contributed by atoms with van der Waals surface area (Å²) in [6, 6.07) is 19.5. The summed E-state index contributed by atoms with van der Waals surface area (Å²) in [5.41, 5.74) is 0.862. The lowest BCUT2D eigenvalue weighted by Crippen LogP contribution is -2.46. The lowest BCUT2D eigenvalue weighted by molar-refractivity contribution is 0.150. The van der Waals surface area contributed by atoms with Gasteiger partial charge in [-0.05, 0) is 68.6 Å². The van der Waals surface area contributed by atoms with Gasteiger partial charge in [-0.2, -0.15) is 0 Å². The Hall–Kier alpha value is -2.55. The summed E-state index contributed by atoms with van der Waals surface area (Å²) in [7, 11) is -3.58. The molecule has 0 spiro atoms. The van der Waals surface area contributed by atoms with Crippen molar-refractivity contribution in [1.82, 2.24) is 24.8 Å². The number of aromatic nitrogens is 3. The monoisotopic (exact) mass is 535 g/mol. The van der Waals surface area contributed by atoms with E-state index in [4.69, 9.17) is 0 Å². The summed E-state index contributed by atoms with van der Waals surface area (Å²) < 4.78 is 31.3. The zero-order chi connectivity index (χ0) is 26.9. The number of sulfonamides is 1. The first-order valence-electron chi connectivity index (χ1n) is 14.0. The molecule has 5 rings (SSSR count). The molecular weight excluding hydrogens is 494 g/mol. The highest BCUT2D eigenvalue weighted by atomic mass is 32.2. The molecule has 5 atom stereocenters. The minimum Gasteiger partial charge on any atom is -0.299 e. The highest BCUT2D eigenvalue weighted by Crippen LogP contribution is 2.46. The largest absolute Gasteiger partial charge is 0.299 e. The SMILES string of the molecule is Cc1nnc(C(C)C)n1C1C[C@H]2CC[C@H](N1)C2CCC(C)(CNS(=O)(=O)c1ccccc1)c1ccccc1. The van der Waals surface area contributed by atoms with Crippen molar-refractivity contribution in [2.45, 2.75) is 88.2 Å². The molecule has 204 valence electrons. The molecule has 2 heterocycles. The van der Waals surface area contributed by atoms with Gasteiger partial charge in [-0.3, -0.25) is 9.88 Å². The summed E-state index contributed by atoms with van der Waals surface area (Å²) in [5.74, 6) is 3.60. The number of fused-ring (bicyclic) bond motifs is 2. The molecule has 2 fully saturated rings. The Morgan fingerprint density at radius 1 is 1.05 bits per heavy atom. The van der Waals surface area contributed by atoms with Crippen molar-refractivity contribution < 1.29 is 8.42 Å². The van der Waals surface area contributed by atoms with Crippen LogP contribution in [0.4, 0.5) is 0 Å². The fraction of sp³-hybridized carbons (Fsp3) is 0.533. The number of benzene rings is 2. The molecule has 0 amide bonds. The third kappa shape index (κ3) is 5.44. The van der Waals surface area contributed by atoms with Gasteiger partial charge in [0.25, 0.3) is 0 Å². The number of nitrogens with one attached hydrogen (secondary N) is 2. The predicted octanol–water partition coefficient (Wildman–Crippen LogP) is 5.31. The first-order chi connectivity index (χ1) is 18.2. The second kappa shape index (κ2) is 10.9. The van der Waals surface area contributed by atoms with Gasteiger partial charge in [0, 0.05) is 23.9 Å². The zero-order valence-electron chi connectivity index (χ0n) is 23.0. The Balaban J connectivity index is 1.30. The van der Waals surface area contributed by atoms with Crippen LogP contribution in [0.25, 0.3) is 0 Å². The molecule has 38 heavy (non-hydrogen) atoms. The number of piperidine rings is 1. The number of hydrogen-bond donors (Lipinski definition) is 2. The van der Waals surface area contributed by atoms with Gasteiger partial charge in [0.15, 0.2) is 0 Å². The molecule has 0 radical (unpaired) electrons. The van der Waals surface area contributed by atoms with E-state index in [1.54, 1.807) is 24.3 Å². The van der Waals surface area contributed by atoms with Crippen molar-refractivity contribution in [3.8, 4) is 0 Å². The number of rotatable bonds is 10. The molecule has 1 aliphatic carbocycles. The average molecular weight is 536 g/mol. The molecule has 1 saturated heterocycles. The van der Waals surface area contributed by atoms with E-state index in [2.05, 4.69) is 64.6 Å². The zero-order valence-corrected chi connectivity index (χ0v) is 23.8. The van der Waals surface area contributed by atoms with E-state index in [9.17, 15) is 8.42 Å². The second-order valence-corrected chi connectivity index (χ2v) is 13.5. The van der Waals surface area contributed by atoms with Gasteiger partial charge in [0.05, 0.1) is 11.1 Å². The maximum absolute atomic E-state index is 13.0. The van der Waals surface area contributed by atoms with Crippen molar-refractivity contribution in [2.75, 3.05) is 6.54 Å². The van der Waals surface area contributed by atoms with Crippen LogP contribution in [-0.4, -0.2) is 35.8 Å². The van der Waals surface area contributed by atoms with E-state index in [0.717, 1.165) is 30.9 Å². The summed E-state index contributed by atoms with van der Waals surface area (Å²) in [4.78, 5) is 0.307. The third-order valence-electron chi connectivity index (χ3n) is 8.83. The van der Waals surface area contributed by atoms with Crippen LogP contribution in [0.2, 0.25) is 0 Å². The van der Waals surface area contributed by atoms with E-state index in [0.29, 0.717) is 35.2 Å². The fourth-order valence-corrected chi connectivity index (χ4v) is 7.82. The van der Waals surface area contributed by atoms with Crippen LogP contribution >= 0.6 is 0 Å². The Kier molecular flexibility index (Phi) is 7.76. The molecule has 8 heteroatoms. The summed E-state index contributed by atoms with van der Waals surface area (Å²) >= 11 is 0. The maximum atomic E-state index is 13.0. The van der Waals surface area contributed by atoms with Gasteiger partial charge in [0.2, 0.25) is 10.0 Å². The maximum Gasteiger partial charge on any atom is 0.240 e. The van der Waals surface area contributed by atoms with Crippen LogP contribution < -0.4 is 10.0 Å². The van der Waals surface area contributed by atoms with E-state index in [-0.39, 0.29) is 11.6 Å². The van der Waals surface area contributed by atoms with Gasteiger partial charge in [0.1, 0.15) is 11.6 Å². The topological polar surface area (TPSA) is 88.9 Å². The van der Waals surface area contributed by atoms with Crippen LogP contribution in [0.5, 0.6) is 0 Å². The Morgan fingerprint density at radius 3 is 2.39 bits per heavy atom. The minimum absolute atomic E-state index is 0.245. The molecule has 1 saturated carbocycles. The summed E-state index contributed by atoms with van der Waals surface area (Å²) in [5, 5.41) is 12.8. The fourth-order valence-electron chi connectivity index (χ4n) is 6.63. The van der Waals surface area contributed by atoms with Gasteiger partial charge in [-0.1, -0.05) is 69.3 Å². The molecule has 7 nitrogen and oxygen atoms in total. The Labute approximate surface area is 227 Å². The normalized spacial score (nSPS) is 25.0. The second-order valence-electron chi connectivity index (χ2n) is 11.8. The Morgan fingerprint density at radius 2 is 1.74 bits per heavy atom. The molecule has 2 N–H and O–H groups in total. The molecule has 3 unspecified atom stereocenters. The molecule has 3 aromatic rings. The van der Waals surface area contributed by atoms with Crippen molar-refractivity contribution in [1.29, 1.82) is 0 Å². The number of aryl methyl sites for hydroxylation is 1. The quantitative estimate of drug-likeness (QED) is 0.367. The highest BCUT2D eigenvalue weighted by Gasteiger charge is 2.44. The van der Waals surface area contributed by atoms with Gasteiger partial charge in [-0.25, -0.2) is 13.1 Å². The standard InChI is InChI=1S/C30H41N5O2S/c1-21(2)29-34-33-22(3)35(29)28-19-23-15-16-27(32-28)26(23)17-18-30(4,24-11-7-5-8-12-24)20-31-38(36,37)25-13-9-6-10-14-25/h5-14,21,23,26-28,31-32H,15-20H2,1-4H3/t23-,26?,27+,28?,30?/m1/s1. The van der Waals surface area contributed by atoms with E-state index in [1.165, 1.54) is 18.4 Å². The summed E-state index contributed by atoms with van der Waals surface area (Å²) in [6.45, 7) is 8.97. The van der Waals surface area contributed by atoms with Crippen molar-refractivity contribution in [3.05, 3.63) is 77.9 Å². The smallest absolute Gasteiger partial charge is 0.240 e. The molecule has 1 aromatic heterocycles. The minimum atomic E-state index is -3.58. The molecule has 2 aliphatic rings. The molecule has 1 aliphatic heterocycles. The number of nitrogens with zero attached hydrogens (tertiary/aromatic N) is 3. The van der Waals surface area contributed by atoms with Crippen molar-refractivity contribution in [2.24, 2.45) is 11.8 Å². The van der Waals surface area contributed by atoms with Crippen LogP contribution in [0.3, 0.4) is 0 Å². The average Bonchev–Trinajstić information content (AvgIpc) is 3.42. The van der Waals surface area contributed by atoms with Crippen LogP contribution in [0, 0.1) is 18.8 Å². The van der Waals surface area contributed by atoms with Crippen molar-refractivity contribution in [3.63, 3.8) is 0 Å². The first-order valence-corrected chi connectivity index (χ1v) is 15.4. The molecule has 2 aromatic carbocycles. The van der Waals surface area contributed by atoms with E-state index >= 15 is 0 Å². The van der Waals surface area contributed by atoms with Gasteiger partial charge < -0.3 is 0 Å². The molecule has 2 bridgehead atoms.